The lowest BCUT2D eigenvalue weighted by atomic mass is 9.76. The third kappa shape index (κ3) is 4.33. The molecule has 128 valence electrons. The molecule has 0 bridgehead atoms. The predicted molar refractivity (Wildman–Crippen MR) is 92.6 cm³/mol. The van der Waals surface area contributed by atoms with E-state index in [4.69, 9.17) is 20.1 Å². The average Bonchev–Trinajstić information content (AvgIpc) is 2.50. The zero-order chi connectivity index (χ0) is 17.7. The van der Waals surface area contributed by atoms with Gasteiger partial charge in [-0.15, -0.1) is 0 Å². The summed E-state index contributed by atoms with van der Waals surface area (Å²) in [7, 11) is 0. The summed E-state index contributed by atoms with van der Waals surface area (Å²) in [5, 5.41) is 0.952. The molecule has 5 nitrogen and oxygen atoms in total. The van der Waals surface area contributed by atoms with E-state index in [9.17, 15) is 0 Å². The Bertz CT molecular complexity index is 740. The van der Waals surface area contributed by atoms with E-state index < -0.39 is 0 Å². The van der Waals surface area contributed by atoms with E-state index in [2.05, 4.69) is 18.8 Å². The molecule has 0 spiro atoms. The van der Waals surface area contributed by atoms with Crippen molar-refractivity contribution < 1.29 is 14.3 Å². The van der Waals surface area contributed by atoms with Crippen molar-refractivity contribution in [2.75, 3.05) is 5.73 Å². The van der Waals surface area contributed by atoms with Crippen molar-refractivity contribution in [3.8, 4) is 5.75 Å². The topological polar surface area (TPSA) is 82.3 Å². The number of hydrogen-bond acceptors (Lipinski definition) is 5. The number of benzene rings is 1. The Morgan fingerprint density at radius 2 is 1.88 bits per heavy atom. The van der Waals surface area contributed by atoms with Crippen molar-refractivity contribution in [2.45, 2.75) is 52.6 Å². The number of nitrogen functional groups attached to an aromatic ring is 1. The van der Waals surface area contributed by atoms with Crippen LogP contribution in [0.5, 0.6) is 5.75 Å². The van der Waals surface area contributed by atoms with E-state index in [0.29, 0.717) is 11.5 Å². The van der Waals surface area contributed by atoms with Gasteiger partial charge in [0.15, 0.2) is 0 Å². The molecule has 3 rings (SSSR count). The fraction of sp³-hybridized carbons (Fsp3) is 0.474. The van der Waals surface area contributed by atoms with E-state index in [-0.39, 0.29) is 6.15 Å². The molecule has 1 heterocycles. The van der Waals surface area contributed by atoms with Gasteiger partial charge in [-0.3, -0.25) is 4.98 Å². The van der Waals surface area contributed by atoms with Gasteiger partial charge in [-0.1, -0.05) is 19.9 Å². The minimum absolute atomic E-state index is 0.250. The maximum absolute atomic E-state index is 8.12. The first kappa shape index (κ1) is 18.0. The highest BCUT2D eigenvalue weighted by molar-refractivity contribution is 5.95. The third-order valence-corrected chi connectivity index (χ3v) is 4.53. The number of ether oxygens (including phenoxy) is 1. The summed E-state index contributed by atoms with van der Waals surface area (Å²) >= 11 is 0. The van der Waals surface area contributed by atoms with Crippen LogP contribution in [0.15, 0.2) is 24.3 Å². The number of nitrogens with zero attached hydrogens (tertiary/aromatic N) is 1. The van der Waals surface area contributed by atoms with Crippen molar-refractivity contribution in [3.05, 3.63) is 30.0 Å². The maximum Gasteiger partial charge on any atom is 0.373 e. The second-order valence-corrected chi connectivity index (χ2v) is 7.07. The highest BCUT2D eigenvalue weighted by Gasteiger charge is 2.28. The molecule has 0 unspecified atom stereocenters. The zero-order valence-electron chi connectivity index (χ0n) is 14.5. The molecule has 0 amide bonds. The van der Waals surface area contributed by atoms with Crippen LogP contribution in [0.2, 0.25) is 0 Å². The van der Waals surface area contributed by atoms with Gasteiger partial charge in [0.25, 0.3) is 0 Å². The number of nitrogens with two attached hydrogens (primary N) is 1. The first-order valence-electron chi connectivity index (χ1n) is 8.18. The number of fused-ring (bicyclic) bond motifs is 1. The van der Waals surface area contributed by atoms with Crippen LogP contribution in [0.25, 0.3) is 10.9 Å². The van der Waals surface area contributed by atoms with Crippen LogP contribution < -0.4 is 10.5 Å². The molecule has 5 heteroatoms. The van der Waals surface area contributed by atoms with Crippen LogP contribution in [-0.2, 0) is 9.59 Å². The van der Waals surface area contributed by atoms with Gasteiger partial charge in [-0.2, -0.15) is 9.59 Å². The number of anilines is 1. The Hall–Kier alpha value is -2.39. The number of aryl methyl sites for hydroxylation is 1. The highest BCUT2D eigenvalue weighted by Crippen LogP contribution is 2.38. The van der Waals surface area contributed by atoms with Crippen LogP contribution in [0.4, 0.5) is 5.69 Å². The molecular weight excluding hydrogens is 304 g/mol. The van der Waals surface area contributed by atoms with Crippen LogP contribution in [0.3, 0.4) is 0 Å². The fourth-order valence-corrected chi connectivity index (χ4v) is 3.19. The highest BCUT2D eigenvalue weighted by atomic mass is 16.5. The molecule has 1 aromatic heterocycles. The summed E-state index contributed by atoms with van der Waals surface area (Å²) in [5.41, 5.74) is 9.25. The molecule has 1 aliphatic carbocycles. The molecule has 2 N–H and O–H groups in total. The average molecular weight is 328 g/mol. The summed E-state index contributed by atoms with van der Waals surface area (Å²) in [6, 6.07) is 7.92. The number of rotatable bonds is 2. The summed E-state index contributed by atoms with van der Waals surface area (Å²) in [4.78, 5) is 20.8. The molecule has 1 saturated carbocycles. The molecular formula is C19H24N2O3. The van der Waals surface area contributed by atoms with E-state index in [1.54, 1.807) is 0 Å². The zero-order valence-corrected chi connectivity index (χ0v) is 14.5. The first-order valence-corrected chi connectivity index (χ1v) is 8.18. The number of carbonyl (C=O) groups excluding carboxylic acids is 2. The van der Waals surface area contributed by atoms with Gasteiger partial charge >= 0.3 is 6.15 Å². The third-order valence-electron chi connectivity index (χ3n) is 4.53. The van der Waals surface area contributed by atoms with E-state index in [1.807, 2.05) is 31.2 Å². The van der Waals surface area contributed by atoms with Gasteiger partial charge in [0.05, 0.1) is 17.0 Å². The Balaban J connectivity index is 0.000000647. The van der Waals surface area contributed by atoms with Crippen molar-refractivity contribution in [1.29, 1.82) is 0 Å². The van der Waals surface area contributed by atoms with Gasteiger partial charge in [0.1, 0.15) is 5.75 Å². The van der Waals surface area contributed by atoms with Crippen LogP contribution in [0, 0.1) is 12.3 Å². The van der Waals surface area contributed by atoms with Crippen molar-refractivity contribution in [1.82, 2.24) is 4.98 Å². The molecule has 0 atom stereocenters. The SMILES string of the molecule is Cc1cc(N)c2c(OC3CCC(C)(C)CC3)cccc2n1.O=C=O. The molecule has 0 saturated heterocycles. The quantitative estimate of drug-likeness (QED) is 0.904. The largest absolute Gasteiger partial charge is 0.490 e. The van der Waals surface area contributed by atoms with Crippen LogP contribution in [0.1, 0.15) is 45.2 Å². The second-order valence-electron chi connectivity index (χ2n) is 7.07. The summed E-state index contributed by atoms with van der Waals surface area (Å²) in [6.07, 6.45) is 5.21. The van der Waals surface area contributed by atoms with Crippen LogP contribution in [-0.4, -0.2) is 17.2 Å². The van der Waals surface area contributed by atoms with Crippen molar-refractivity contribution in [2.24, 2.45) is 5.41 Å². The Labute approximate surface area is 142 Å². The van der Waals surface area contributed by atoms with Gasteiger partial charge < -0.3 is 10.5 Å². The molecule has 0 radical (unpaired) electrons. The summed E-state index contributed by atoms with van der Waals surface area (Å²) < 4.78 is 6.26. The fourth-order valence-electron chi connectivity index (χ4n) is 3.19. The lowest BCUT2D eigenvalue weighted by Crippen LogP contribution is -2.28. The van der Waals surface area contributed by atoms with E-state index >= 15 is 0 Å². The Morgan fingerprint density at radius 3 is 2.50 bits per heavy atom. The molecule has 1 aromatic carbocycles. The lowest BCUT2D eigenvalue weighted by Gasteiger charge is -2.34. The number of aromatic nitrogens is 1. The molecule has 24 heavy (non-hydrogen) atoms. The van der Waals surface area contributed by atoms with E-state index in [1.165, 1.54) is 12.8 Å². The Morgan fingerprint density at radius 1 is 1.25 bits per heavy atom. The van der Waals surface area contributed by atoms with Crippen LogP contribution >= 0.6 is 0 Å². The number of pyridine rings is 1. The molecule has 0 aliphatic heterocycles. The van der Waals surface area contributed by atoms with Crippen molar-refractivity contribution >= 4 is 22.7 Å². The summed E-state index contributed by atoms with van der Waals surface area (Å²) in [5.74, 6) is 0.877. The first-order chi connectivity index (χ1) is 11.4. The molecule has 2 aromatic rings. The smallest absolute Gasteiger partial charge is 0.373 e. The normalized spacial score (nSPS) is 16.8. The van der Waals surface area contributed by atoms with Crippen molar-refractivity contribution in [3.63, 3.8) is 0 Å². The predicted octanol–water partition coefficient (Wildman–Crippen LogP) is 3.89. The monoisotopic (exact) mass is 328 g/mol. The molecule has 1 fully saturated rings. The van der Waals surface area contributed by atoms with Gasteiger partial charge in [0.2, 0.25) is 0 Å². The minimum atomic E-state index is 0.250. The maximum atomic E-state index is 8.12. The van der Waals surface area contributed by atoms with Gasteiger partial charge in [0, 0.05) is 11.4 Å². The van der Waals surface area contributed by atoms with E-state index in [0.717, 1.165) is 40.9 Å². The lowest BCUT2D eigenvalue weighted by molar-refractivity contribution is -0.191. The minimum Gasteiger partial charge on any atom is -0.490 e. The molecule has 1 aliphatic rings. The number of hydrogen-bond donors (Lipinski definition) is 1. The van der Waals surface area contributed by atoms with Gasteiger partial charge in [-0.05, 0) is 56.2 Å². The Kier molecular flexibility index (Phi) is 5.58. The van der Waals surface area contributed by atoms with Gasteiger partial charge in [-0.25, -0.2) is 0 Å². The summed E-state index contributed by atoms with van der Waals surface area (Å²) in [6.45, 7) is 6.64. The second kappa shape index (κ2) is 7.45. The standard InChI is InChI=1S/C18H24N2O.CO2/c1-12-11-14(19)17-15(20-12)5-4-6-16(17)21-13-7-9-18(2,3)10-8-13;2-1-3/h4-6,11,13H,7-10H2,1-3H3,(H2,19,20);.